The molecular formula is C20H18N8O2. The molecule has 10 heteroatoms. The Morgan fingerprint density at radius 2 is 1.97 bits per heavy atom. The molecule has 4 aromatic rings. The van der Waals surface area contributed by atoms with E-state index < -0.39 is 5.97 Å². The van der Waals surface area contributed by atoms with E-state index >= 15 is 0 Å². The molecule has 0 fully saturated rings. The van der Waals surface area contributed by atoms with Gasteiger partial charge >= 0.3 is 5.97 Å². The number of rotatable bonds is 7. The summed E-state index contributed by atoms with van der Waals surface area (Å²) in [5.41, 5.74) is 5.02. The number of benzene rings is 1. The highest BCUT2D eigenvalue weighted by Gasteiger charge is 2.09. The number of nitrogens with zero attached hydrogens (tertiary/aromatic N) is 4. The van der Waals surface area contributed by atoms with Crippen molar-refractivity contribution < 1.29 is 9.90 Å². The summed E-state index contributed by atoms with van der Waals surface area (Å²) in [6.07, 6.45) is 6.01. The lowest BCUT2D eigenvalue weighted by molar-refractivity contribution is 0.0696. The number of hydrazine groups is 1. The zero-order valence-corrected chi connectivity index (χ0v) is 15.7. The third-order valence-electron chi connectivity index (χ3n) is 4.29. The summed E-state index contributed by atoms with van der Waals surface area (Å²) in [5.74, 6) is 5.71. The predicted molar refractivity (Wildman–Crippen MR) is 113 cm³/mol. The molecule has 30 heavy (non-hydrogen) atoms. The molecule has 0 saturated heterocycles. The highest BCUT2D eigenvalue weighted by molar-refractivity contribution is 5.88. The Labute approximate surface area is 171 Å². The zero-order valence-electron chi connectivity index (χ0n) is 15.7. The Balaban J connectivity index is 1.53. The topological polar surface area (TPSA) is 151 Å². The van der Waals surface area contributed by atoms with E-state index in [-0.39, 0.29) is 5.56 Å². The van der Waals surface area contributed by atoms with Gasteiger partial charge in [0.15, 0.2) is 17.5 Å². The molecule has 0 amide bonds. The van der Waals surface area contributed by atoms with Gasteiger partial charge < -0.3 is 21.2 Å². The van der Waals surface area contributed by atoms with Gasteiger partial charge in [-0.3, -0.25) is 9.97 Å². The van der Waals surface area contributed by atoms with E-state index in [9.17, 15) is 4.79 Å². The first-order valence-corrected chi connectivity index (χ1v) is 8.99. The Morgan fingerprint density at radius 3 is 2.80 bits per heavy atom. The maximum absolute atomic E-state index is 11.1. The lowest BCUT2D eigenvalue weighted by Gasteiger charge is -2.13. The molecule has 0 atom stereocenters. The standard InChI is InChI=1S/C20H18N8O2/c21-28-19-18(24-8-12-3-4-16-13(6-12)2-1-5-23-16)27-17(11-25-19)26-15-7-14(20(29)30)9-22-10-15/h1-7,9-11H,8,21H2,(H,25,28)(H,29,30)(H2,24,26,27). The molecule has 4 rings (SSSR count). The molecule has 0 aliphatic carbocycles. The van der Waals surface area contributed by atoms with Crippen molar-refractivity contribution in [1.82, 2.24) is 19.9 Å². The molecule has 0 aliphatic rings. The second-order valence-electron chi connectivity index (χ2n) is 6.37. The number of carboxylic acids is 1. The lowest BCUT2D eigenvalue weighted by Crippen LogP contribution is -2.14. The molecule has 3 heterocycles. The van der Waals surface area contributed by atoms with Gasteiger partial charge in [-0.05, 0) is 29.8 Å². The number of carboxylic acid groups (broad SMARTS) is 1. The quantitative estimate of drug-likeness (QED) is 0.230. The number of aromatic nitrogens is 4. The van der Waals surface area contributed by atoms with Crippen LogP contribution in [0.3, 0.4) is 0 Å². The van der Waals surface area contributed by atoms with Gasteiger partial charge in [0.05, 0.1) is 29.2 Å². The van der Waals surface area contributed by atoms with Crippen molar-refractivity contribution in [2.75, 3.05) is 16.1 Å². The first kappa shape index (κ1) is 19.0. The number of anilines is 4. The van der Waals surface area contributed by atoms with Gasteiger partial charge in [0.1, 0.15) is 0 Å². The summed E-state index contributed by atoms with van der Waals surface area (Å²) in [6, 6.07) is 11.3. The fourth-order valence-corrected chi connectivity index (χ4v) is 2.87. The number of nitrogen functional groups attached to an aromatic ring is 1. The highest BCUT2D eigenvalue weighted by atomic mass is 16.4. The lowest BCUT2D eigenvalue weighted by atomic mass is 10.1. The van der Waals surface area contributed by atoms with Crippen LogP contribution >= 0.6 is 0 Å². The maximum Gasteiger partial charge on any atom is 0.337 e. The van der Waals surface area contributed by atoms with Gasteiger partial charge in [-0.15, -0.1) is 0 Å². The smallest absolute Gasteiger partial charge is 0.337 e. The summed E-state index contributed by atoms with van der Waals surface area (Å²) in [6.45, 7) is 0.494. The third kappa shape index (κ3) is 4.23. The average molecular weight is 402 g/mol. The maximum atomic E-state index is 11.1. The molecule has 0 radical (unpaired) electrons. The largest absolute Gasteiger partial charge is 0.478 e. The summed E-state index contributed by atoms with van der Waals surface area (Å²) < 4.78 is 0. The average Bonchev–Trinajstić information content (AvgIpc) is 2.78. The van der Waals surface area contributed by atoms with Gasteiger partial charge in [-0.25, -0.2) is 20.6 Å². The van der Waals surface area contributed by atoms with Crippen LogP contribution in [-0.4, -0.2) is 31.0 Å². The van der Waals surface area contributed by atoms with Crippen molar-refractivity contribution in [3.8, 4) is 0 Å². The fraction of sp³-hybridized carbons (Fsp3) is 0.0500. The van der Waals surface area contributed by atoms with Crippen LogP contribution in [-0.2, 0) is 6.54 Å². The van der Waals surface area contributed by atoms with Gasteiger partial charge in [-0.2, -0.15) is 0 Å². The van der Waals surface area contributed by atoms with Crippen molar-refractivity contribution in [2.24, 2.45) is 5.84 Å². The first-order valence-electron chi connectivity index (χ1n) is 8.99. The van der Waals surface area contributed by atoms with E-state index in [1.54, 1.807) is 6.20 Å². The van der Waals surface area contributed by atoms with Crippen LogP contribution in [0.1, 0.15) is 15.9 Å². The van der Waals surface area contributed by atoms with Crippen LogP contribution in [0.15, 0.2) is 61.2 Å². The van der Waals surface area contributed by atoms with E-state index in [1.807, 2.05) is 30.3 Å². The molecule has 150 valence electrons. The number of nitrogens with one attached hydrogen (secondary N) is 3. The Hall–Kier alpha value is -4.31. The van der Waals surface area contributed by atoms with Crippen molar-refractivity contribution in [3.05, 3.63) is 72.3 Å². The molecular weight excluding hydrogens is 384 g/mol. The van der Waals surface area contributed by atoms with Crippen molar-refractivity contribution >= 4 is 40.0 Å². The highest BCUT2D eigenvalue weighted by Crippen LogP contribution is 2.22. The Bertz CT molecular complexity index is 1210. The minimum Gasteiger partial charge on any atom is -0.478 e. The number of fused-ring (bicyclic) bond motifs is 1. The van der Waals surface area contributed by atoms with Crippen LogP contribution in [0.25, 0.3) is 10.9 Å². The predicted octanol–water partition coefficient (Wildman–Crippen LogP) is 2.76. The number of hydrogen-bond donors (Lipinski definition) is 5. The number of nitrogens with two attached hydrogens (primary N) is 1. The van der Waals surface area contributed by atoms with Crippen molar-refractivity contribution in [2.45, 2.75) is 6.54 Å². The molecule has 0 aliphatic heterocycles. The Kier molecular flexibility index (Phi) is 5.31. The normalized spacial score (nSPS) is 10.6. The molecule has 10 nitrogen and oxygen atoms in total. The molecule has 0 unspecified atom stereocenters. The van der Waals surface area contributed by atoms with E-state index in [2.05, 4.69) is 36.0 Å². The van der Waals surface area contributed by atoms with Crippen LogP contribution in [0.4, 0.5) is 23.1 Å². The molecule has 1 aromatic carbocycles. The third-order valence-corrected chi connectivity index (χ3v) is 4.29. The monoisotopic (exact) mass is 402 g/mol. The van der Waals surface area contributed by atoms with Gasteiger partial charge in [0, 0.05) is 24.3 Å². The molecule has 0 spiro atoms. The van der Waals surface area contributed by atoms with E-state index in [0.29, 0.717) is 29.7 Å². The summed E-state index contributed by atoms with van der Waals surface area (Å²) in [7, 11) is 0. The number of hydrogen-bond acceptors (Lipinski definition) is 9. The van der Waals surface area contributed by atoms with Crippen molar-refractivity contribution in [1.29, 1.82) is 0 Å². The van der Waals surface area contributed by atoms with Gasteiger partial charge in [-0.1, -0.05) is 12.1 Å². The van der Waals surface area contributed by atoms with E-state index in [1.165, 1.54) is 24.7 Å². The number of carbonyl (C=O) groups is 1. The molecule has 0 bridgehead atoms. The van der Waals surface area contributed by atoms with Gasteiger partial charge in [0.2, 0.25) is 0 Å². The van der Waals surface area contributed by atoms with Crippen LogP contribution in [0.2, 0.25) is 0 Å². The molecule has 6 N–H and O–H groups in total. The number of aromatic carboxylic acids is 1. The first-order chi connectivity index (χ1) is 14.6. The van der Waals surface area contributed by atoms with Crippen LogP contribution in [0, 0.1) is 0 Å². The van der Waals surface area contributed by atoms with Crippen LogP contribution in [0.5, 0.6) is 0 Å². The Morgan fingerprint density at radius 1 is 1.07 bits per heavy atom. The van der Waals surface area contributed by atoms with E-state index in [0.717, 1.165) is 16.5 Å². The number of pyridine rings is 2. The van der Waals surface area contributed by atoms with E-state index in [4.69, 9.17) is 10.9 Å². The van der Waals surface area contributed by atoms with Crippen LogP contribution < -0.4 is 21.9 Å². The second kappa shape index (κ2) is 8.37. The van der Waals surface area contributed by atoms with Gasteiger partial charge in [0.25, 0.3) is 0 Å². The minimum absolute atomic E-state index is 0.0670. The summed E-state index contributed by atoms with van der Waals surface area (Å²) >= 11 is 0. The minimum atomic E-state index is -1.06. The van der Waals surface area contributed by atoms with Crippen molar-refractivity contribution in [3.63, 3.8) is 0 Å². The fourth-order valence-electron chi connectivity index (χ4n) is 2.87. The zero-order chi connectivity index (χ0) is 20.9. The summed E-state index contributed by atoms with van der Waals surface area (Å²) in [4.78, 5) is 28.1. The molecule has 3 aromatic heterocycles. The SMILES string of the molecule is NNc1ncc(Nc2cncc(C(=O)O)c2)nc1NCc1ccc2ncccc2c1. The second-order valence-corrected chi connectivity index (χ2v) is 6.37. The summed E-state index contributed by atoms with van der Waals surface area (Å²) in [5, 5.41) is 16.4. The molecule has 0 saturated carbocycles.